The molecule has 0 bridgehead atoms. The number of phenols is 1. The van der Waals surface area contributed by atoms with E-state index in [0.29, 0.717) is 5.56 Å². The first-order valence-corrected chi connectivity index (χ1v) is 7.19. The number of likely N-dealkylation sites (N-methyl/N-ethyl adjacent to an activating group) is 1. The molecule has 1 rings (SSSR count). The minimum Gasteiger partial charge on any atom is -0.508 e. The van der Waals surface area contributed by atoms with Crippen molar-refractivity contribution in [1.82, 2.24) is 5.32 Å². The molecule has 2 unspecified atom stereocenters. The summed E-state index contributed by atoms with van der Waals surface area (Å²) in [6, 6.07) is 5.34. The topological polar surface area (TPSA) is 84.9 Å². The Balaban J connectivity index is 2.45. The van der Waals surface area contributed by atoms with E-state index in [9.17, 15) is 9.59 Å². The number of rotatable bonds is 7. The average Bonchev–Trinajstić information content (AvgIpc) is 2.45. The van der Waals surface area contributed by atoms with Crippen LogP contribution < -0.4 is 5.32 Å². The number of aromatic hydroxyl groups is 1. The van der Waals surface area contributed by atoms with Gasteiger partial charge in [0.2, 0.25) is 0 Å². The van der Waals surface area contributed by atoms with Gasteiger partial charge in [0.15, 0.2) is 0 Å². The van der Waals surface area contributed by atoms with Crippen LogP contribution in [0.5, 0.6) is 5.75 Å². The van der Waals surface area contributed by atoms with Gasteiger partial charge in [-0.3, -0.25) is 4.79 Å². The van der Waals surface area contributed by atoms with E-state index in [2.05, 4.69) is 5.32 Å². The van der Waals surface area contributed by atoms with Crippen molar-refractivity contribution < 1.29 is 24.2 Å². The maximum Gasteiger partial charge on any atom is 0.338 e. The van der Waals surface area contributed by atoms with Crippen LogP contribution >= 0.6 is 0 Å². The zero-order chi connectivity index (χ0) is 16.7. The molecule has 6 nitrogen and oxygen atoms in total. The summed E-state index contributed by atoms with van der Waals surface area (Å²) in [5, 5.41) is 12.1. The van der Waals surface area contributed by atoms with Crippen molar-refractivity contribution in [3.63, 3.8) is 0 Å². The first-order valence-electron chi connectivity index (χ1n) is 7.19. The summed E-state index contributed by atoms with van der Waals surface area (Å²) in [6.07, 6.45) is -0.539. The molecule has 0 radical (unpaired) electrons. The molecule has 2 atom stereocenters. The zero-order valence-corrected chi connectivity index (χ0v) is 13.3. The van der Waals surface area contributed by atoms with Gasteiger partial charge in [-0.25, -0.2) is 4.79 Å². The Bertz CT molecular complexity index is 498. The lowest BCUT2D eigenvalue weighted by atomic mass is 10.1. The molecule has 0 amide bonds. The van der Waals surface area contributed by atoms with Gasteiger partial charge >= 0.3 is 11.9 Å². The molecule has 0 fully saturated rings. The standard InChI is InChI=1S/C16H23NO5/c1-10(2)14(17-4)16(20)22-11(3)9-21-15(19)12-5-7-13(18)8-6-12/h5-8,10-11,14,17-18H,9H2,1-4H3. The number of hydrogen-bond acceptors (Lipinski definition) is 6. The van der Waals surface area contributed by atoms with Crippen molar-refractivity contribution >= 4 is 11.9 Å². The molecule has 22 heavy (non-hydrogen) atoms. The molecular formula is C16H23NO5. The summed E-state index contributed by atoms with van der Waals surface area (Å²) in [6.45, 7) is 5.46. The fraction of sp³-hybridized carbons (Fsp3) is 0.500. The van der Waals surface area contributed by atoms with Gasteiger partial charge in [-0.15, -0.1) is 0 Å². The van der Waals surface area contributed by atoms with E-state index in [1.165, 1.54) is 24.3 Å². The van der Waals surface area contributed by atoms with Crippen LogP contribution in [-0.4, -0.2) is 42.8 Å². The molecule has 6 heteroatoms. The highest BCUT2D eigenvalue weighted by atomic mass is 16.6. The summed E-state index contributed by atoms with van der Waals surface area (Å²) >= 11 is 0. The van der Waals surface area contributed by atoms with Crippen molar-refractivity contribution in [2.75, 3.05) is 13.7 Å². The lowest BCUT2D eigenvalue weighted by Gasteiger charge is -2.21. The summed E-state index contributed by atoms with van der Waals surface area (Å²) < 4.78 is 10.3. The number of carbonyl (C=O) groups is 2. The molecular weight excluding hydrogens is 286 g/mol. The second kappa shape index (κ2) is 8.38. The lowest BCUT2D eigenvalue weighted by Crippen LogP contribution is -2.41. The minimum atomic E-state index is -0.539. The number of phenolic OH excluding ortho intramolecular Hbond substituents is 1. The van der Waals surface area contributed by atoms with Gasteiger partial charge in [-0.1, -0.05) is 13.8 Å². The van der Waals surface area contributed by atoms with Crippen LogP contribution in [-0.2, 0) is 14.3 Å². The Morgan fingerprint density at radius 2 is 1.77 bits per heavy atom. The summed E-state index contributed by atoms with van der Waals surface area (Å²) in [5.74, 6) is -0.725. The molecule has 0 spiro atoms. The third-order valence-electron chi connectivity index (χ3n) is 3.10. The molecule has 0 saturated carbocycles. The molecule has 0 aromatic heterocycles. The van der Waals surface area contributed by atoms with Gasteiger partial charge in [0.05, 0.1) is 5.56 Å². The number of esters is 2. The van der Waals surface area contributed by atoms with Crippen LogP contribution in [0, 0.1) is 5.92 Å². The van der Waals surface area contributed by atoms with Crippen molar-refractivity contribution in [2.24, 2.45) is 5.92 Å². The van der Waals surface area contributed by atoms with Gasteiger partial charge in [0, 0.05) is 0 Å². The monoisotopic (exact) mass is 309 g/mol. The lowest BCUT2D eigenvalue weighted by molar-refractivity contribution is -0.153. The van der Waals surface area contributed by atoms with Crippen molar-refractivity contribution in [2.45, 2.75) is 32.9 Å². The normalized spacial score (nSPS) is 13.5. The van der Waals surface area contributed by atoms with E-state index in [0.717, 1.165) is 0 Å². The van der Waals surface area contributed by atoms with Crippen LogP contribution in [0.3, 0.4) is 0 Å². The van der Waals surface area contributed by atoms with Gasteiger partial charge in [-0.2, -0.15) is 0 Å². The Morgan fingerprint density at radius 3 is 2.27 bits per heavy atom. The molecule has 1 aromatic rings. The third-order valence-corrected chi connectivity index (χ3v) is 3.10. The summed E-state index contributed by atoms with van der Waals surface area (Å²) in [7, 11) is 1.70. The van der Waals surface area contributed by atoms with Crippen LogP contribution in [0.15, 0.2) is 24.3 Å². The fourth-order valence-electron chi connectivity index (χ4n) is 1.90. The van der Waals surface area contributed by atoms with Gasteiger partial charge in [-0.05, 0) is 44.2 Å². The van der Waals surface area contributed by atoms with E-state index in [1.54, 1.807) is 14.0 Å². The van der Waals surface area contributed by atoms with Crippen molar-refractivity contribution in [1.29, 1.82) is 0 Å². The maximum absolute atomic E-state index is 11.9. The van der Waals surface area contributed by atoms with E-state index in [4.69, 9.17) is 14.6 Å². The first-order chi connectivity index (χ1) is 10.3. The highest BCUT2D eigenvalue weighted by Crippen LogP contribution is 2.11. The molecule has 0 saturated heterocycles. The zero-order valence-electron chi connectivity index (χ0n) is 13.3. The van der Waals surface area contributed by atoms with Gasteiger partial charge < -0.3 is 19.9 Å². The van der Waals surface area contributed by atoms with Crippen LogP contribution in [0.4, 0.5) is 0 Å². The molecule has 1 aromatic carbocycles. The van der Waals surface area contributed by atoms with E-state index in [1.807, 2.05) is 13.8 Å². The molecule has 2 N–H and O–H groups in total. The maximum atomic E-state index is 11.9. The predicted molar refractivity (Wildman–Crippen MR) is 81.6 cm³/mol. The SMILES string of the molecule is CNC(C(=O)OC(C)COC(=O)c1ccc(O)cc1)C(C)C. The number of carbonyl (C=O) groups excluding carboxylic acids is 2. The summed E-state index contributed by atoms with van der Waals surface area (Å²) in [4.78, 5) is 23.7. The minimum absolute atomic E-state index is 0.0278. The highest BCUT2D eigenvalue weighted by Gasteiger charge is 2.24. The van der Waals surface area contributed by atoms with Crippen molar-refractivity contribution in [3.8, 4) is 5.75 Å². The van der Waals surface area contributed by atoms with Crippen molar-refractivity contribution in [3.05, 3.63) is 29.8 Å². The van der Waals surface area contributed by atoms with Crippen LogP contribution in [0.2, 0.25) is 0 Å². The van der Waals surface area contributed by atoms with Crippen LogP contribution in [0.25, 0.3) is 0 Å². The average molecular weight is 309 g/mol. The number of hydrogen-bond donors (Lipinski definition) is 2. The third kappa shape index (κ3) is 5.37. The summed E-state index contributed by atoms with van der Waals surface area (Å²) in [5.41, 5.74) is 0.326. The molecule has 0 heterocycles. The largest absolute Gasteiger partial charge is 0.508 e. The second-order valence-electron chi connectivity index (χ2n) is 5.40. The van der Waals surface area contributed by atoms with Gasteiger partial charge in [0.25, 0.3) is 0 Å². The number of ether oxygens (including phenoxy) is 2. The highest BCUT2D eigenvalue weighted by molar-refractivity contribution is 5.89. The quantitative estimate of drug-likeness (QED) is 0.746. The Labute approximate surface area is 130 Å². The molecule has 0 aliphatic carbocycles. The number of nitrogens with one attached hydrogen (secondary N) is 1. The molecule has 122 valence electrons. The smallest absolute Gasteiger partial charge is 0.338 e. The van der Waals surface area contributed by atoms with E-state index >= 15 is 0 Å². The molecule has 0 aliphatic rings. The second-order valence-corrected chi connectivity index (χ2v) is 5.40. The Morgan fingerprint density at radius 1 is 1.18 bits per heavy atom. The fourth-order valence-corrected chi connectivity index (χ4v) is 1.90. The van der Waals surface area contributed by atoms with E-state index < -0.39 is 18.1 Å². The van der Waals surface area contributed by atoms with Crippen LogP contribution in [0.1, 0.15) is 31.1 Å². The van der Waals surface area contributed by atoms with Gasteiger partial charge in [0.1, 0.15) is 24.5 Å². The predicted octanol–water partition coefficient (Wildman–Crippen LogP) is 1.72. The number of benzene rings is 1. The Hall–Kier alpha value is -2.08. The first kappa shape index (κ1) is 18.0. The van der Waals surface area contributed by atoms with E-state index in [-0.39, 0.29) is 24.2 Å². The Kier molecular flexibility index (Phi) is 6.85. The molecule has 0 aliphatic heterocycles.